The van der Waals surface area contributed by atoms with Crippen LogP contribution in [0.5, 0.6) is 5.75 Å². The Kier molecular flexibility index (Phi) is 9.37. The normalized spacial score (nSPS) is 13.6. The van der Waals surface area contributed by atoms with Crippen LogP contribution in [0.2, 0.25) is 0 Å². The molecule has 0 bridgehead atoms. The predicted molar refractivity (Wildman–Crippen MR) is 145 cm³/mol. The molecule has 0 spiro atoms. The number of benzene rings is 3. The lowest BCUT2D eigenvalue weighted by Gasteiger charge is -2.22. The maximum Gasteiger partial charge on any atom is 0.251 e. The molecule has 0 heterocycles. The van der Waals surface area contributed by atoms with Crippen LogP contribution in [0.4, 0.5) is 11.4 Å². The van der Waals surface area contributed by atoms with Gasteiger partial charge in [-0.1, -0.05) is 49.6 Å². The average Bonchev–Trinajstić information content (AvgIpc) is 2.92. The second-order valence-corrected chi connectivity index (χ2v) is 9.25. The number of nitrogens with one attached hydrogen (secondary N) is 3. The summed E-state index contributed by atoms with van der Waals surface area (Å²) in [5.41, 5.74) is 3.43. The molecule has 1 saturated carbocycles. The average molecular weight is 486 g/mol. The summed E-state index contributed by atoms with van der Waals surface area (Å²) in [7, 11) is 0. The van der Waals surface area contributed by atoms with E-state index in [0.29, 0.717) is 17.9 Å². The lowest BCUT2D eigenvalue weighted by molar-refractivity contribution is -0.114. The van der Waals surface area contributed by atoms with Crippen molar-refractivity contribution in [2.75, 3.05) is 23.8 Å². The van der Waals surface area contributed by atoms with Gasteiger partial charge in [0.2, 0.25) is 5.91 Å². The maximum atomic E-state index is 12.4. The van der Waals surface area contributed by atoms with Gasteiger partial charge in [0, 0.05) is 23.0 Å². The van der Waals surface area contributed by atoms with Gasteiger partial charge in [0.15, 0.2) is 0 Å². The maximum absolute atomic E-state index is 12.4. The predicted octanol–water partition coefficient (Wildman–Crippen LogP) is 5.81. The van der Waals surface area contributed by atoms with Crippen molar-refractivity contribution in [1.29, 1.82) is 0 Å². The molecule has 4 rings (SSSR count). The van der Waals surface area contributed by atoms with E-state index >= 15 is 0 Å². The summed E-state index contributed by atoms with van der Waals surface area (Å²) in [6, 6.07) is 25.3. The largest absolute Gasteiger partial charge is 0.494 e. The standard InChI is InChI=1S/C30H35N3O3/c34-29(32-27-15-13-24(14-16-27)30(35)33-26-11-5-2-6-12-26)22-31-25-17-19-28(20-18-25)36-21-7-10-23-8-3-1-4-9-23/h1,3-4,8-9,13-20,26,31H,2,5-7,10-12,21-22H2,(H,32,34)(H,33,35). The summed E-state index contributed by atoms with van der Waals surface area (Å²) in [6.45, 7) is 0.798. The third kappa shape index (κ3) is 8.15. The molecule has 1 aliphatic rings. The van der Waals surface area contributed by atoms with Gasteiger partial charge in [0.1, 0.15) is 5.75 Å². The number of carbonyl (C=O) groups excluding carboxylic acids is 2. The molecule has 0 atom stereocenters. The number of rotatable bonds is 11. The third-order valence-corrected chi connectivity index (χ3v) is 6.40. The molecule has 0 radical (unpaired) electrons. The Morgan fingerprint density at radius 1 is 0.806 bits per heavy atom. The van der Waals surface area contributed by atoms with Crippen LogP contribution >= 0.6 is 0 Å². The first-order valence-corrected chi connectivity index (χ1v) is 12.9. The van der Waals surface area contributed by atoms with E-state index in [2.05, 4.69) is 40.2 Å². The topological polar surface area (TPSA) is 79.5 Å². The Morgan fingerprint density at radius 3 is 2.22 bits per heavy atom. The molecule has 36 heavy (non-hydrogen) atoms. The molecule has 0 aromatic heterocycles. The third-order valence-electron chi connectivity index (χ3n) is 6.40. The van der Waals surface area contributed by atoms with Gasteiger partial charge < -0.3 is 20.7 Å². The van der Waals surface area contributed by atoms with Gasteiger partial charge in [0.05, 0.1) is 13.2 Å². The molecule has 3 aromatic carbocycles. The number of hydrogen-bond acceptors (Lipinski definition) is 4. The molecule has 0 saturated heterocycles. The molecule has 3 N–H and O–H groups in total. The van der Waals surface area contributed by atoms with Crippen molar-refractivity contribution in [2.24, 2.45) is 0 Å². The summed E-state index contributed by atoms with van der Waals surface area (Å²) in [4.78, 5) is 24.8. The molecule has 0 unspecified atom stereocenters. The van der Waals surface area contributed by atoms with Gasteiger partial charge in [-0.3, -0.25) is 9.59 Å². The molecule has 6 nitrogen and oxygen atoms in total. The van der Waals surface area contributed by atoms with Crippen LogP contribution in [0.3, 0.4) is 0 Å². The van der Waals surface area contributed by atoms with E-state index in [1.165, 1.54) is 24.8 Å². The first-order valence-electron chi connectivity index (χ1n) is 12.9. The van der Waals surface area contributed by atoms with E-state index in [4.69, 9.17) is 4.74 Å². The molecule has 1 aliphatic carbocycles. The van der Waals surface area contributed by atoms with E-state index in [-0.39, 0.29) is 24.4 Å². The number of anilines is 2. The van der Waals surface area contributed by atoms with Crippen molar-refractivity contribution >= 4 is 23.2 Å². The molecule has 0 aliphatic heterocycles. The lowest BCUT2D eigenvalue weighted by Crippen LogP contribution is -2.36. The first kappa shape index (κ1) is 25.3. The molecule has 1 fully saturated rings. The highest BCUT2D eigenvalue weighted by molar-refractivity contribution is 5.96. The Labute approximate surface area is 213 Å². The Hall–Kier alpha value is -3.80. The van der Waals surface area contributed by atoms with Crippen molar-refractivity contribution in [1.82, 2.24) is 5.32 Å². The minimum atomic E-state index is -0.157. The van der Waals surface area contributed by atoms with Crippen LogP contribution in [0.1, 0.15) is 54.4 Å². The van der Waals surface area contributed by atoms with Crippen LogP contribution in [0.25, 0.3) is 0 Å². The highest BCUT2D eigenvalue weighted by Gasteiger charge is 2.16. The van der Waals surface area contributed by atoms with Gasteiger partial charge in [-0.05, 0) is 79.8 Å². The molecule has 3 aromatic rings. The minimum Gasteiger partial charge on any atom is -0.494 e. The van der Waals surface area contributed by atoms with Gasteiger partial charge in [-0.15, -0.1) is 0 Å². The zero-order valence-electron chi connectivity index (χ0n) is 20.7. The number of aryl methyl sites for hydroxylation is 1. The van der Waals surface area contributed by atoms with E-state index < -0.39 is 0 Å². The number of hydrogen-bond donors (Lipinski definition) is 3. The van der Waals surface area contributed by atoms with Gasteiger partial charge in [-0.25, -0.2) is 0 Å². The van der Waals surface area contributed by atoms with Crippen LogP contribution in [-0.4, -0.2) is 31.0 Å². The van der Waals surface area contributed by atoms with E-state index in [0.717, 1.165) is 37.1 Å². The minimum absolute atomic E-state index is 0.0509. The lowest BCUT2D eigenvalue weighted by atomic mass is 9.95. The van der Waals surface area contributed by atoms with Crippen molar-refractivity contribution in [3.05, 3.63) is 90.0 Å². The number of carbonyl (C=O) groups is 2. The highest BCUT2D eigenvalue weighted by atomic mass is 16.5. The number of ether oxygens (including phenoxy) is 1. The van der Waals surface area contributed by atoms with Crippen molar-refractivity contribution in [2.45, 2.75) is 51.0 Å². The SMILES string of the molecule is O=C(CNc1ccc(OCCCc2ccccc2)cc1)Nc1ccc(C(=O)NC2CCCCC2)cc1. The quantitative estimate of drug-likeness (QED) is 0.299. The summed E-state index contributed by atoms with van der Waals surface area (Å²) >= 11 is 0. The smallest absolute Gasteiger partial charge is 0.251 e. The molecular formula is C30H35N3O3. The van der Waals surface area contributed by atoms with E-state index in [9.17, 15) is 9.59 Å². The summed E-state index contributed by atoms with van der Waals surface area (Å²) in [5, 5.41) is 9.10. The fourth-order valence-corrected chi connectivity index (χ4v) is 4.39. The highest BCUT2D eigenvalue weighted by Crippen LogP contribution is 2.19. The van der Waals surface area contributed by atoms with Crippen LogP contribution in [-0.2, 0) is 11.2 Å². The van der Waals surface area contributed by atoms with Crippen LogP contribution in [0.15, 0.2) is 78.9 Å². The molecule has 188 valence electrons. The van der Waals surface area contributed by atoms with Crippen LogP contribution < -0.4 is 20.7 Å². The number of amides is 2. The zero-order valence-corrected chi connectivity index (χ0v) is 20.7. The van der Waals surface area contributed by atoms with Crippen molar-refractivity contribution in [3.8, 4) is 5.75 Å². The second-order valence-electron chi connectivity index (χ2n) is 9.25. The second kappa shape index (κ2) is 13.3. The summed E-state index contributed by atoms with van der Waals surface area (Å²) < 4.78 is 5.82. The van der Waals surface area contributed by atoms with Gasteiger partial charge in [-0.2, -0.15) is 0 Å². The fraction of sp³-hybridized carbons (Fsp3) is 0.333. The molecular weight excluding hydrogens is 450 g/mol. The Bertz CT molecular complexity index is 1090. The summed E-state index contributed by atoms with van der Waals surface area (Å²) in [5.74, 6) is 0.603. The molecule has 2 amide bonds. The van der Waals surface area contributed by atoms with Crippen LogP contribution in [0, 0.1) is 0 Å². The van der Waals surface area contributed by atoms with Crippen molar-refractivity contribution < 1.29 is 14.3 Å². The van der Waals surface area contributed by atoms with E-state index in [1.54, 1.807) is 24.3 Å². The zero-order chi connectivity index (χ0) is 25.0. The van der Waals surface area contributed by atoms with Crippen molar-refractivity contribution in [3.63, 3.8) is 0 Å². The fourth-order valence-electron chi connectivity index (χ4n) is 4.39. The van der Waals surface area contributed by atoms with Gasteiger partial charge in [0.25, 0.3) is 5.91 Å². The summed E-state index contributed by atoms with van der Waals surface area (Å²) in [6.07, 6.45) is 7.66. The van der Waals surface area contributed by atoms with E-state index in [1.807, 2.05) is 30.3 Å². The Balaban J connectivity index is 1.14. The Morgan fingerprint density at radius 2 is 1.50 bits per heavy atom. The van der Waals surface area contributed by atoms with Gasteiger partial charge >= 0.3 is 0 Å². The first-order chi connectivity index (χ1) is 17.7. The molecule has 6 heteroatoms. The monoisotopic (exact) mass is 485 g/mol.